The van der Waals surface area contributed by atoms with E-state index in [1.54, 1.807) is 12.1 Å². The average Bonchev–Trinajstić information content (AvgIpc) is 3.14. The molecule has 0 saturated carbocycles. The quantitative estimate of drug-likeness (QED) is 0.702. The highest BCUT2D eigenvalue weighted by Gasteiger charge is 2.48. The fourth-order valence-electron chi connectivity index (χ4n) is 3.71. The summed E-state index contributed by atoms with van der Waals surface area (Å²) in [5.41, 5.74) is 2.03. The normalized spacial score (nSPS) is 24.0. The summed E-state index contributed by atoms with van der Waals surface area (Å²) >= 11 is 7.32. The van der Waals surface area contributed by atoms with Gasteiger partial charge in [-0.05, 0) is 29.7 Å². The molecule has 0 bridgehead atoms. The summed E-state index contributed by atoms with van der Waals surface area (Å²) < 4.78 is 24.2. The Morgan fingerprint density at radius 1 is 1.07 bits per heavy atom. The third-order valence-electron chi connectivity index (χ3n) is 5.15. The smallest absolute Gasteiger partial charge is 0.252 e. The highest BCUT2D eigenvalue weighted by Crippen LogP contribution is 2.38. The molecule has 0 N–H and O–H groups in total. The second-order valence-corrected chi connectivity index (χ2v) is 11.1. The number of sulfone groups is 1. The molecule has 2 aromatic carbocycles. The molecule has 2 saturated heterocycles. The second-order valence-electron chi connectivity index (χ2n) is 7.32. The Kier molecular flexibility index (Phi) is 5.99. The molecular formula is C21H21ClN2O3S2. The van der Waals surface area contributed by atoms with Crippen LogP contribution in [0.1, 0.15) is 11.1 Å². The van der Waals surface area contributed by atoms with Gasteiger partial charge in [-0.3, -0.25) is 4.79 Å². The van der Waals surface area contributed by atoms with Gasteiger partial charge in [0.15, 0.2) is 15.0 Å². The van der Waals surface area contributed by atoms with Gasteiger partial charge in [-0.25, -0.2) is 8.42 Å². The zero-order valence-corrected chi connectivity index (χ0v) is 18.1. The lowest BCUT2D eigenvalue weighted by atomic mass is 10.1. The van der Waals surface area contributed by atoms with Crippen molar-refractivity contribution in [3.63, 3.8) is 0 Å². The standard InChI is InChI=1S/C21H21ClN2O3S2/c22-17-8-6-16(7-9-17)12-20(25)23-21-24(11-10-15-4-2-1-3-5-15)18-13-29(26,27)14-19(18)28-21/h1-9,18-19H,10-14H2/t18-,19-/m1/s1. The minimum absolute atomic E-state index is 0.0575. The average molecular weight is 449 g/mol. The number of benzene rings is 2. The number of aliphatic imine (C=N–C) groups is 1. The number of nitrogens with zero attached hydrogens (tertiary/aromatic N) is 2. The van der Waals surface area contributed by atoms with Gasteiger partial charge in [0.25, 0.3) is 5.91 Å². The zero-order valence-electron chi connectivity index (χ0n) is 15.7. The number of hydrogen-bond donors (Lipinski definition) is 0. The molecule has 0 aromatic heterocycles. The lowest BCUT2D eigenvalue weighted by Crippen LogP contribution is -2.39. The Morgan fingerprint density at radius 2 is 1.79 bits per heavy atom. The Bertz CT molecular complexity index is 1020. The maximum atomic E-state index is 12.5. The fourth-order valence-corrected chi connectivity index (χ4v) is 7.84. The Morgan fingerprint density at radius 3 is 2.52 bits per heavy atom. The van der Waals surface area contributed by atoms with Crippen LogP contribution in [0.15, 0.2) is 59.6 Å². The van der Waals surface area contributed by atoms with Crippen LogP contribution in [0.3, 0.4) is 0 Å². The van der Waals surface area contributed by atoms with Gasteiger partial charge < -0.3 is 4.90 Å². The molecule has 29 heavy (non-hydrogen) atoms. The number of fused-ring (bicyclic) bond motifs is 1. The van der Waals surface area contributed by atoms with Gasteiger partial charge in [-0.2, -0.15) is 4.99 Å². The van der Waals surface area contributed by atoms with Crippen LogP contribution in [0.5, 0.6) is 0 Å². The number of halogens is 1. The number of carbonyl (C=O) groups excluding carboxylic acids is 1. The van der Waals surface area contributed by atoms with Gasteiger partial charge in [-0.15, -0.1) is 0 Å². The first-order chi connectivity index (χ1) is 13.9. The SMILES string of the molecule is O=C(Cc1ccc(Cl)cc1)N=C1S[C@@H]2CS(=O)(=O)C[C@H]2N1CCc1ccccc1. The van der Waals surface area contributed by atoms with Crippen LogP contribution in [0.4, 0.5) is 0 Å². The van der Waals surface area contributed by atoms with E-state index in [1.807, 2.05) is 35.2 Å². The summed E-state index contributed by atoms with van der Waals surface area (Å²) in [4.78, 5) is 18.9. The number of carbonyl (C=O) groups is 1. The molecule has 0 radical (unpaired) electrons. The fraction of sp³-hybridized carbons (Fsp3) is 0.333. The van der Waals surface area contributed by atoms with Crippen molar-refractivity contribution in [3.8, 4) is 0 Å². The van der Waals surface area contributed by atoms with Crippen molar-refractivity contribution in [1.82, 2.24) is 4.90 Å². The molecule has 1 amide bonds. The van der Waals surface area contributed by atoms with E-state index in [2.05, 4.69) is 17.1 Å². The molecule has 4 rings (SSSR count). The monoisotopic (exact) mass is 448 g/mol. The molecule has 0 aliphatic carbocycles. The molecule has 2 fully saturated rings. The number of thioether (sulfide) groups is 1. The van der Waals surface area contributed by atoms with Crippen molar-refractivity contribution in [3.05, 3.63) is 70.7 Å². The first-order valence-electron chi connectivity index (χ1n) is 9.43. The van der Waals surface area contributed by atoms with E-state index in [0.29, 0.717) is 16.7 Å². The molecule has 152 valence electrons. The van der Waals surface area contributed by atoms with E-state index in [0.717, 1.165) is 12.0 Å². The van der Waals surface area contributed by atoms with Crippen molar-refractivity contribution in [2.75, 3.05) is 18.1 Å². The molecule has 5 nitrogen and oxygen atoms in total. The first kappa shape index (κ1) is 20.4. The summed E-state index contributed by atoms with van der Waals surface area (Å²) in [5, 5.41) is 1.21. The van der Waals surface area contributed by atoms with Crippen LogP contribution >= 0.6 is 23.4 Å². The lowest BCUT2D eigenvalue weighted by molar-refractivity contribution is -0.117. The van der Waals surface area contributed by atoms with Crippen LogP contribution in [-0.4, -0.2) is 53.7 Å². The van der Waals surface area contributed by atoms with Gasteiger partial charge in [-0.1, -0.05) is 65.8 Å². The topological polar surface area (TPSA) is 66.8 Å². The van der Waals surface area contributed by atoms with E-state index in [4.69, 9.17) is 11.6 Å². The van der Waals surface area contributed by atoms with Crippen LogP contribution in [0.25, 0.3) is 0 Å². The van der Waals surface area contributed by atoms with Gasteiger partial charge in [0.1, 0.15) is 0 Å². The van der Waals surface area contributed by atoms with E-state index < -0.39 is 9.84 Å². The van der Waals surface area contributed by atoms with Crippen molar-refractivity contribution >= 4 is 44.3 Å². The largest absolute Gasteiger partial charge is 0.346 e. The van der Waals surface area contributed by atoms with Crippen LogP contribution in [0, 0.1) is 0 Å². The summed E-state index contributed by atoms with van der Waals surface area (Å²) in [6, 6.07) is 17.1. The first-order valence-corrected chi connectivity index (χ1v) is 12.5. The minimum Gasteiger partial charge on any atom is -0.346 e. The number of amides is 1. The van der Waals surface area contributed by atoms with Gasteiger partial charge >= 0.3 is 0 Å². The molecule has 2 aliphatic heterocycles. The molecule has 8 heteroatoms. The summed E-state index contributed by atoms with van der Waals surface area (Å²) in [7, 11) is -3.04. The predicted octanol–water partition coefficient (Wildman–Crippen LogP) is 3.22. The molecule has 0 spiro atoms. The van der Waals surface area contributed by atoms with Crippen molar-refractivity contribution in [2.45, 2.75) is 24.1 Å². The van der Waals surface area contributed by atoms with E-state index in [1.165, 1.54) is 17.3 Å². The van der Waals surface area contributed by atoms with Crippen LogP contribution in [0.2, 0.25) is 5.02 Å². The number of rotatable bonds is 5. The molecule has 2 atom stereocenters. The molecule has 2 heterocycles. The third kappa shape index (κ3) is 5.02. The maximum absolute atomic E-state index is 12.5. The summed E-state index contributed by atoms with van der Waals surface area (Å²) in [6.07, 6.45) is 0.969. The van der Waals surface area contributed by atoms with Crippen molar-refractivity contribution in [2.24, 2.45) is 4.99 Å². The van der Waals surface area contributed by atoms with Crippen molar-refractivity contribution < 1.29 is 13.2 Å². The molecule has 2 aromatic rings. The van der Waals surface area contributed by atoms with Gasteiger partial charge in [0, 0.05) is 16.8 Å². The second kappa shape index (κ2) is 8.50. The molecule has 0 unspecified atom stereocenters. The summed E-state index contributed by atoms with van der Waals surface area (Å²) in [6.45, 7) is 0.640. The highest BCUT2D eigenvalue weighted by molar-refractivity contribution is 8.15. The highest BCUT2D eigenvalue weighted by atomic mass is 35.5. The van der Waals surface area contributed by atoms with Crippen LogP contribution in [-0.2, 0) is 27.5 Å². The Hall–Kier alpha value is -1.83. The van der Waals surface area contributed by atoms with E-state index in [9.17, 15) is 13.2 Å². The zero-order chi connectivity index (χ0) is 20.4. The molecule has 2 aliphatic rings. The lowest BCUT2D eigenvalue weighted by Gasteiger charge is -2.24. The van der Waals surface area contributed by atoms with Gasteiger partial charge in [0.05, 0.1) is 24.0 Å². The number of amidine groups is 1. The summed E-state index contributed by atoms with van der Waals surface area (Å²) in [5.74, 6) is 0.0423. The maximum Gasteiger partial charge on any atom is 0.252 e. The Balaban J connectivity index is 1.51. The minimum atomic E-state index is -3.04. The third-order valence-corrected chi connectivity index (χ3v) is 8.65. The van der Waals surface area contributed by atoms with E-state index in [-0.39, 0.29) is 35.1 Å². The van der Waals surface area contributed by atoms with Crippen molar-refractivity contribution in [1.29, 1.82) is 0 Å². The van der Waals surface area contributed by atoms with E-state index >= 15 is 0 Å². The Labute approximate surface area is 180 Å². The number of hydrogen-bond acceptors (Lipinski definition) is 4. The molecular weight excluding hydrogens is 428 g/mol. The van der Waals surface area contributed by atoms with Crippen LogP contribution < -0.4 is 0 Å². The predicted molar refractivity (Wildman–Crippen MR) is 118 cm³/mol. The van der Waals surface area contributed by atoms with Gasteiger partial charge in [0.2, 0.25) is 0 Å².